The van der Waals surface area contributed by atoms with E-state index in [0.717, 1.165) is 24.1 Å². The van der Waals surface area contributed by atoms with E-state index in [1.807, 2.05) is 6.92 Å². The van der Waals surface area contributed by atoms with Crippen molar-refractivity contribution in [1.29, 1.82) is 0 Å². The summed E-state index contributed by atoms with van der Waals surface area (Å²) >= 11 is 0. The topological polar surface area (TPSA) is 38.8 Å². The van der Waals surface area contributed by atoms with Gasteiger partial charge in [0.2, 0.25) is 0 Å². The summed E-state index contributed by atoms with van der Waals surface area (Å²) in [6, 6.07) is 5.31. The van der Waals surface area contributed by atoms with Gasteiger partial charge in [-0.1, -0.05) is 0 Å². The molecule has 0 radical (unpaired) electrons. The van der Waals surface area contributed by atoms with E-state index in [0.29, 0.717) is 5.75 Å². The molecule has 2 aliphatic rings. The summed E-state index contributed by atoms with van der Waals surface area (Å²) in [5.74, 6) is 0.532. The molecule has 2 aliphatic heterocycles. The molecule has 0 N–H and O–H groups in total. The van der Waals surface area contributed by atoms with Crippen molar-refractivity contribution in [1.82, 2.24) is 0 Å². The number of halogens is 3. The third-order valence-corrected chi connectivity index (χ3v) is 4.25. The van der Waals surface area contributed by atoms with Crippen LogP contribution < -0.4 is 9.64 Å². The highest BCUT2D eigenvalue weighted by molar-refractivity contribution is 5.92. The average molecular weight is 329 g/mol. The van der Waals surface area contributed by atoms with Crippen LogP contribution in [0.3, 0.4) is 0 Å². The number of benzene rings is 1. The van der Waals surface area contributed by atoms with E-state index < -0.39 is 12.6 Å². The molecule has 0 bridgehead atoms. The molecule has 126 valence electrons. The lowest BCUT2D eigenvalue weighted by Crippen LogP contribution is -2.39. The minimum atomic E-state index is -4.15. The Morgan fingerprint density at radius 1 is 1.39 bits per heavy atom. The number of amides is 1. The summed E-state index contributed by atoms with van der Waals surface area (Å²) in [7, 11) is 0. The van der Waals surface area contributed by atoms with Gasteiger partial charge in [0.05, 0.1) is 18.3 Å². The SMILES string of the molecule is C[C@@H]1OC(=O)N2c3ccc(OCCCC(F)(F)F)cc3CC[C@@H]12. The van der Waals surface area contributed by atoms with Crippen LogP contribution in [0.15, 0.2) is 18.2 Å². The molecule has 0 spiro atoms. The first-order chi connectivity index (χ1) is 10.8. The third kappa shape index (κ3) is 3.38. The van der Waals surface area contributed by atoms with Crippen LogP contribution in [0.2, 0.25) is 0 Å². The molecule has 23 heavy (non-hydrogen) atoms. The minimum Gasteiger partial charge on any atom is -0.494 e. The van der Waals surface area contributed by atoms with Gasteiger partial charge in [0.1, 0.15) is 11.9 Å². The Kier molecular flexibility index (Phi) is 4.12. The van der Waals surface area contributed by atoms with Gasteiger partial charge in [0.15, 0.2) is 0 Å². The summed E-state index contributed by atoms with van der Waals surface area (Å²) in [4.78, 5) is 13.6. The van der Waals surface area contributed by atoms with Gasteiger partial charge in [-0.15, -0.1) is 0 Å². The van der Waals surface area contributed by atoms with E-state index in [4.69, 9.17) is 9.47 Å². The lowest BCUT2D eigenvalue weighted by Gasteiger charge is -2.30. The number of ether oxygens (including phenoxy) is 2. The first-order valence-electron chi connectivity index (χ1n) is 7.67. The molecule has 1 aromatic rings. The maximum Gasteiger partial charge on any atom is 0.415 e. The second kappa shape index (κ2) is 5.94. The second-order valence-electron chi connectivity index (χ2n) is 5.92. The molecule has 2 heterocycles. The Morgan fingerprint density at radius 3 is 2.91 bits per heavy atom. The van der Waals surface area contributed by atoms with Crippen LogP contribution in [0, 0.1) is 0 Å². The zero-order valence-electron chi connectivity index (χ0n) is 12.7. The monoisotopic (exact) mass is 329 g/mol. The van der Waals surface area contributed by atoms with E-state index in [1.165, 1.54) is 0 Å². The first kappa shape index (κ1) is 16.0. The Morgan fingerprint density at radius 2 is 2.17 bits per heavy atom. The fourth-order valence-electron chi connectivity index (χ4n) is 3.13. The van der Waals surface area contributed by atoms with Crippen molar-refractivity contribution in [2.75, 3.05) is 11.5 Å². The lowest BCUT2D eigenvalue weighted by atomic mass is 9.94. The highest BCUT2D eigenvalue weighted by atomic mass is 19.4. The fourth-order valence-corrected chi connectivity index (χ4v) is 3.13. The van der Waals surface area contributed by atoms with Gasteiger partial charge in [0, 0.05) is 6.42 Å². The molecule has 0 saturated carbocycles. The maximum atomic E-state index is 12.1. The largest absolute Gasteiger partial charge is 0.494 e. The van der Waals surface area contributed by atoms with Crippen LogP contribution in [0.25, 0.3) is 0 Å². The van der Waals surface area contributed by atoms with E-state index in [-0.39, 0.29) is 31.3 Å². The summed E-state index contributed by atoms with van der Waals surface area (Å²) in [5.41, 5.74) is 1.76. The highest BCUT2D eigenvalue weighted by Crippen LogP contribution is 2.38. The second-order valence-corrected chi connectivity index (χ2v) is 5.92. The molecule has 4 nitrogen and oxygen atoms in total. The van der Waals surface area contributed by atoms with Gasteiger partial charge in [-0.25, -0.2) is 4.79 Å². The number of alkyl halides is 3. The number of nitrogens with zero attached hydrogens (tertiary/aromatic N) is 1. The van der Waals surface area contributed by atoms with Gasteiger partial charge >= 0.3 is 12.3 Å². The quantitative estimate of drug-likeness (QED) is 0.782. The van der Waals surface area contributed by atoms with Crippen molar-refractivity contribution in [2.45, 2.75) is 50.9 Å². The van der Waals surface area contributed by atoms with Crippen molar-refractivity contribution < 1.29 is 27.4 Å². The molecule has 0 aromatic heterocycles. The number of anilines is 1. The number of aryl methyl sites for hydroxylation is 1. The van der Waals surface area contributed by atoms with Crippen LogP contribution in [0.5, 0.6) is 5.75 Å². The van der Waals surface area contributed by atoms with Crippen molar-refractivity contribution in [3.05, 3.63) is 23.8 Å². The Hall–Kier alpha value is -1.92. The molecule has 7 heteroatoms. The Balaban J connectivity index is 1.66. The molecule has 3 rings (SSSR count). The fraction of sp³-hybridized carbons (Fsp3) is 0.562. The summed E-state index contributed by atoms with van der Waals surface area (Å²) in [5, 5.41) is 0. The molecule has 1 saturated heterocycles. The Bertz CT molecular complexity index is 603. The number of rotatable bonds is 4. The number of hydrogen-bond donors (Lipinski definition) is 0. The van der Waals surface area contributed by atoms with E-state index in [9.17, 15) is 18.0 Å². The van der Waals surface area contributed by atoms with Crippen molar-refractivity contribution >= 4 is 11.8 Å². The van der Waals surface area contributed by atoms with Crippen molar-refractivity contribution in [3.8, 4) is 5.75 Å². The van der Waals surface area contributed by atoms with E-state index in [1.54, 1.807) is 23.1 Å². The number of carbonyl (C=O) groups excluding carboxylic acids is 1. The molecule has 1 fully saturated rings. The normalized spacial score (nSPS) is 23.3. The summed E-state index contributed by atoms with van der Waals surface area (Å²) in [6.07, 6.45) is -3.96. The molecular formula is C16H18F3NO3. The minimum absolute atomic E-state index is 0.0176. The van der Waals surface area contributed by atoms with Gasteiger partial charge in [-0.2, -0.15) is 13.2 Å². The van der Waals surface area contributed by atoms with Crippen LogP contribution in [0.1, 0.15) is 31.7 Å². The van der Waals surface area contributed by atoms with Gasteiger partial charge < -0.3 is 9.47 Å². The van der Waals surface area contributed by atoms with Gasteiger partial charge in [-0.3, -0.25) is 4.90 Å². The zero-order valence-corrected chi connectivity index (χ0v) is 12.7. The molecule has 1 amide bonds. The zero-order chi connectivity index (χ0) is 16.6. The number of cyclic esters (lactones) is 1. The van der Waals surface area contributed by atoms with Gasteiger partial charge in [0.25, 0.3) is 0 Å². The highest BCUT2D eigenvalue weighted by Gasteiger charge is 2.43. The van der Waals surface area contributed by atoms with Gasteiger partial charge in [-0.05, 0) is 49.9 Å². The molecular weight excluding hydrogens is 311 g/mol. The number of fused-ring (bicyclic) bond motifs is 3. The lowest BCUT2D eigenvalue weighted by molar-refractivity contribution is -0.136. The average Bonchev–Trinajstić information content (AvgIpc) is 2.77. The maximum absolute atomic E-state index is 12.1. The van der Waals surface area contributed by atoms with E-state index in [2.05, 4.69) is 0 Å². The number of hydrogen-bond acceptors (Lipinski definition) is 3. The summed E-state index contributed by atoms with van der Waals surface area (Å²) < 4.78 is 46.9. The van der Waals surface area contributed by atoms with E-state index >= 15 is 0 Å². The predicted molar refractivity (Wildman–Crippen MR) is 77.8 cm³/mol. The van der Waals surface area contributed by atoms with Crippen LogP contribution >= 0.6 is 0 Å². The van der Waals surface area contributed by atoms with Crippen LogP contribution in [-0.2, 0) is 11.2 Å². The predicted octanol–water partition coefficient (Wildman–Crippen LogP) is 4.07. The molecule has 2 atom stereocenters. The standard InChI is InChI=1S/C16H18F3NO3/c1-10-13-5-3-11-9-12(22-8-2-7-16(17,18)19)4-6-14(11)20(13)15(21)23-10/h4,6,9-10,13H,2-3,5,7-8H2,1H3/t10-,13-/m0/s1. The smallest absolute Gasteiger partial charge is 0.415 e. The Labute approximate surface area is 132 Å². The van der Waals surface area contributed by atoms with Crippen LogP contribution in [0.4, 0.5) is 23.7 Å². The molecule has 1 aromatic carbocycles. The molecule has 0 aliphatic carbocycles. The summed E-state index contributed by atoms with van der Waals surface area (Å²) in [6.45, 7) is 1.90. The van der Waals surface area contributed by atoms with Crippen molar-refractivity contribution in [3.63, 3.8) is 0 Å². The van der Waals surface area contributed by atoms with Crippen molar-refractivity contribution in [2.24, 2.45) is 0 Å². The third-order valence-electron chi connectivity index (χ3n) is 4.25. The number of carbonyl (C=O) groups is 1. The molecule has 0 unspecified atom stereocenters. The first-order valence-corrected chi connectivity index (χ1v) is 7.67. The van der Waals surface area contributed by atoms with Crippen LogP contribution in [-0.4, -0.2) is 31.0 Å².